The van der Waals surface area contributed by atoms with Gasteiger partial charge in [0.05, 0.1) is 0 Å². The lowest BCUT2D eigenvalue weighted by atomic mass is 10.1. The fourth-order valence-corrected chi connectivity index (χ4v) is 1.57. The van der Waals surface area contributed by atoms with Crippen molar-refractivity contribution in [2.45, 2.75) is 19.4 Å². The van der Waals surface area contributed by atoms with Crippen molar-refractivity contribution in [3.05, 3.63) is 48.0 Å². The monoisotopic (exact) mass is 247 g/mol. The third-order valence-electron chi connectivity index (χ3n) is 2.61. The maximum absolute atomic E-state index is 11.6. The first-order chi connectivity index (χ1) is 8.50. The van der Waals surface area contributed by atoms with E-state index in [1.165, 1.54) is 0 Å². The molecule has 0 aliphatic rings. The van der Waals surface area contributed by atoms with Crippen LogP contribution in [0.2, 0.25) is 0 Å². The Labute approximate surface area is 109 Å². The normalized spacial score (nSPS) is 12.2. The average molecular weight is 247 g/mol. The number of benzene rings is 1. The zero-order valence-corrected chi connectivity index (χ0v) is 11.3. The standard InChI is InChI=1S/C15H21NO2/c1-12(2)15(17)18-14(10-11-16(3)4)13-8-6-5-7-9-13/h5-9,14H,1,10-11H2,2-4H3. The number of esters is 1. The molecule has 1 atom stereocenters. The molecule has 0 aliphatic carbocycles. The first-order valence-electron chi connectivity index (χ1n) is 6.07. The highest BCUT2D eigenvalue weighted by atomic mass is 16.5. The Bertz CT molecular complexity index is 398. The molecule has 0 aliphatic heterocycles. The van der Waals surface area contributed by atoms with Crippen LogP contribution in [-0.4, -0.2) is 31.5 Å². The summed E-state index contributed by atoms with van der Waals surface area (Å²) in [6.45, 7) is 6.14. The molecular weight excluding hydrogens is 226 g/mol. The molecule has 0 spiro atoms. The lowest BCUT2D eigenvalue weighted by Gasteiger charge is -2.20. The Balaban J connectivity index is 2.75. The van der Waals surface area contributed by atoms with Gasteiger partial charge >= 0.3 is 5.97 Å². The van der Waals surface area contributed by atoms with Crippen molar-refractivity contribution in [2.75, 3.05) is 20.6 Å². The molecule has 1 aromatic carbocycles. The molecule has 1 aromatic rings. The van der Waals surface area contributed by atoms with Gasteiger partial charge < -0.3 is 9.64 Å². The maximum Gasteiger partial charge on any atom is 0.333 e. The zero-order chi connectivity index (χ0) is 13.5. The maximum atomic E-state index is 11.6. The summed E-state index contributed by atoms with van der Waals surface area (Å²) in [7, 11) is 4.01. The lowest BCUT2D eigenvalue weighted by Crippen LogP contribution is -2.19. The number of hydrogen-bond donors (Lipinski definition) is 0. The highest BCUT2D eigenvalue weighted by Crippen LogP contribution is 2.22. The molecule has 1 rings (SSSR count). The Kier molecular flexibility index (Phi) is 5.59. The minimum Gasteiger partial charge on any atom is -0.454 e. The van der Waals surface area contributed by atoms with E-state index in [4.69, 9.17) is 4.74 Å². The van der Waals surface area contributed by atoms with Gasteiger partial charge in [0, 0.05) is 18.5 Å². The van der Waals surface area contributed by atoms with Crippen LogP contribution in [-0.2, 0) is 9.53 Å². The summed E-state index contributed by atoms with van der Waals surface area (Å²) in [6.07, 6.45) is 0.563. The van der Waals surface area contributed by atoms with Gasteiger partial charge in [0.15, 0.2) is 0 Å². The average Bonchev–Trinajstić information content (AvgIpc) is 2.34. The number of rotatable bonds is 6. The van der Waals surface area contributed by atoms with E-state index in [2.05, 4.69) is 11.5 Å². The third-order valence-corrected chi connectivity index (χ3v) is 2.61. The quantitative estimate of drug-likeness (QED) is 0.572. The molecule has 1 unspecified atom stereocenters. The molecule has 18 heavy (non-hydrogen) atoms. The zero-order valence-electron chi connectivity index (χ0n) is 11.3. The largest absolute Gasteiger partial charge is 0.454 e. The summed E-state index contributed by atoms with van der Waals surface area (Å²) < 4.78 is 5.48. The van der Waals surface area contributed by atoms with Crippen molar-refractivity contribution in [3.63, 3.8) is 0 Å². The van der Waals surface area contributed by atoms with Crippen molar-refractivity contribution in [2.24, 2.45) is 0 Å². The van der Waals surface area contributed by atoms with Gasteiger partial charge in [-0.3, -0.25) is 0 Å². The van der Waals surface area contributed by atoms with E-state index in [-0.39, 0.29) is 12.1 Å². The van der Waals surface area contributed by atoms with E-state index in [1.54, 1.807) is 6.92 Å². The minimum absolute atomic E-state index is 0.210. The second-order valence-electron chi connectivity index (χ2n) is 4.68. The number of carbonyl (C=O) groups is 1. The van der Waals surface area contributed by atoms with Gasteiger partial charge in [0.1, 0.15) is 6.10 Å². The fourth-order valence-electron chi connectivity index (χ4n) is 1.57. The second kappa shape index (κ2) is 6.97. The number of ether oxygens (including phenoxy) is 1. The Morgan fingerprint density at radius 1 is 1.33 bits per heavy atom. The molecule has 0 saturated carbocycles. The molecule has 3 nitrogen and oxygen atoms in total. The molecule has 0 amide bonds. The Morgan fingerprint density at radius 3 is 2.44 bits per heavy atom. The lowest BCUT2D eigenvalue weighted by molar-refractivity contribution is -0.145. The van der Waals surface area contributed by atoms with Crippen LogP contribution in [0, 0.1) is 0 Å². The first-order valence-corrected chi connectivity index (χ1v) is 6.07. The summed E-state index contributed by atoms with van der Waals surface area (Å²) in [4.78, 5) is 13.7. The molecule has 0 bridgehead atoms. The van der Waals surface area contributed by atoms with Crippen LogP contribution in [0.25, 0.3) is 0 Å². The van der Waals surface area contributed by atoms with Gasteiger partial charge in [-0.15, -0.1) is 0 Å². The second-order valence-corrected chi connectivity index (χ2v) is 4.68. The van der Waals surface area contributed by atoms with Gasteiger partial charge in [-0.25, -0.2) is 4.79 Å². The van der Waals surface area contributed by atoms with Crippen molar-refractivity contribution in [3.8, 4) is 0 Å². The van der Waals surface area contributed by atoms with Crippen LogP contribution in [0.15, 0.2) is 42.5 Å². The van der Waals surface area contributed by atoms with Crippen LogP contribution in [0.4, 0.5) is 0 Å². The van der Waals surface area contributed by atoms with E-state index >= 15 is 0 Å². The van der Waals surface area contributed by atoms with E-state index < -0.39 is 0 Å². The summed E-state index contributed by atoms with van der Waals surface area (Å²) in [6, 6.07) is 9.81. The van der Waals surface area contributed by atoms with Gasteiger partial charge in [-0.1, -0.05) is 36.9 Å². The van der Waals surface area contributed by atoms with E-state index in [1.807, 2.05) is 44.4 Å². The van der Waals surface area contributed by atoms with Crippen molar-refractivity contribution >= 4 is 5.97 Å². The molecule has 0 saturated heterocycles. The van der Waals surface area contributed by atoms with Crippen LogP contribution in [0.3, 0.4) is 0 Å². The SMILES string of the molecule is C=C(C)C(=O)OC(CCN(C)C)c1ccccc1. The van der Waals surface area contributed by atoms with E-state index in [0.717, 1.165) is 18.5 Å². The third kappa shape index (κ3) is 4.72. The molecule has 0 N–H and O–H groups in total. The number of hydrogen-bond acceptors (Lipinski definition) is 3. The smallest absolute Gasteiger partial charge is 0.333 e. The highest BCUT2D eigenvalue weighted by Gasteiger charge is 2.17. The summed E-state index contributed by atoms with van der Waals surface area (Å²) >= 11 is 0. The number of nitrogens with zero attached hydrogens (tertiary/aromatic N) is 1. The Hall–Kier alpha value is -1.61. The van der Waals surface area contributed by atoms with E-state index in [9.17, 15) is 4.79 Å². The summed E-state index contributed by atoms with van der Waals surface area (Å²) in [5.74, 6) is -0.331. The molecular formula is C15H21NO2. The molecule has 0 fully saturated rings. The summed E-state index contributed by atoms with van der Waals surface area (Å²) in [5, 5.41) is 0. The molecule has 3 heteroatoms. The first kappa shape index (κ1) is 14.5. The molecule has 0 aromatic heterocycles. The molecule has 0 radical (unpaired) electrons. The predicted octanol–water partition coefficient (Wildman–Crippen LogP) is 2.80. The minimum atomic E-state index is -0.331. The van der Waals surface area contributed by atoms with Gasteiger partial charge in [0.25, 0.3) is 0 Å². The number of carbonyl (C=O) groups excluding carboxylic acids is 1. The van der Waals surface area contributed by atoms with Gasteiger partial charge in [0.2, 0.25) is 0 Å². The molecule has 98 valence electrons. The van der Waals surface area contributed by atoms with Crippen LogP contribution >= 0.6 is 0 Å². The fraction of sp³-hybridized carbons (Fsp3) is 0.400. The summed E-state index contributed by atoms with van der Waals surface area (Å²) in [5.41, 5.74) is 1.45. The topological polar surface area (TPSA) is 29.5 Å². The van der Waals surface area contributed by atoms with Crippen molar-refractivity contribution < 1.29 is 9.53 Å². The highest BCUT2D eigenvalue weighted by molar-refractivity contribution is 5.87. The molecule has 0 heterocycles. The van der Waals surface area contributed by atoms with Crippen molar-refractivity contribution in [1.82, 2.24) is 4.90 Å². The van der Waals surface area contributed by atoms with Crippen LogP contribution in [0.1, 0.15) is 25.0 Å². The van der Waals surface area contributed by atoms with Gasteiger partial charge in [-0.2, -0.15) is 0 Å². The van der Waals surface area contributed by atoms with Gasteiger partial charge in [-0.05, 0) is 26.6 Å². The Morgan fingerprint density at radius 2 is 1.94 bits per heavy atom. The van der Waals surface area contributed by atoms with Crippen LogP contribution < -0.4 is 0 Å². The van der Waals surface area contributed by atoms with Crippen LogP contribution in [0.5, 0.6) is 0 Å². The predicted molar refractivity (Wildman–Crippen MR) is 73.3 cm³/mol. The van der Waals surface area contributed by atoms with E-state index in [0.29, 0.717) is 5.57 Å². The van der Waals surface area contributed by atoms with Crippen molar-refractivity contribution in [1.29, 1.82) is 0 Å².